The highest BCUT2D eigenvalue weighted by atomic mass is 15.2. The fraction of sp³-hybridized carbons (Fsp3) is 1.00. The Morgan fingerprint density at radius 3 is 2.47 bits per heavy atom. The molecule has 88 valence electrons. The molecule has 0 aromatic heterocycles. The van der Waals surface area contributed by atoms with Crippen molar-refractivity contribution >= 4 is 0 Å². The summed E-state index contributed by atoms with van der Waals surface area (Å²) in [7, 11) is 2.24. The number of likely N-dealkylation sites (tertiary alicyclic amines) is 1. The third kappa shape index (κ3) is 2.73. The molecule has 2 heteroatoms. The van der Waals surface area contributed by atoms with Crippen LogP contribution in [0.25, 0.3) is 0 Å². The van der Waals surface area contributed by atoms with Gasteiger partial charge in [0.1, 0.15) is 0 Å². The van der Waals surface area contributed by atoms with Crippen molar-refractivity contribution in [2.75, 3.05) is 13.6 Å². The lowest BCUT2D eigenvalue weighted by Gasteiger charge is -2.24. The zero-order valence-corrected chi connectivity index (χ0v) is 10.5. The zero-order valence-electron chi connectivity index (χ0n) is 10.5. The van der Waals surface area contributed by atoms with Gasteiger partial charge in [0.15, 0.2) is 0 Å². The predicted molar refractivity (Wildman–Crippen MR) is 65.1 cm³/mol. The average molecular weight is 210 g/mol. The Labute approximate surface area is 94.4 Å². The lowest BCUT2D eigenvalue weighted by atomic mass is 9.98. The summed E-state index contributed by atoms with van der Waals surface area (Å²) in [5.74, 6) is 0.950. The maximum absolute atomic E-state index is 3.84. The molecule has 0 bridgehead atoms. The molecule has 0 aromatic rings. The number of nitrogens with zero attached hydrogens (tertiary/aromatic N) is 1. The van der Waals surface area contributed by atoms with Gasteiger partial charge in [-0.25, -0.2) is 0 Å². The van der Waals surface area contributed by atoms with Crippen molar-refractivity contribution in [3.05, 3.63) is 0 Å². The van der Waals surface area contributed by atoms with Crippen LogP contribution in [-0.2, 0) is 0 Å². The van der Waals surface area contributed by atoms with E-state index in [0.717, 1.165) is 24.0 Å². The first-order valence-corrected chi connectivity index (χ1v) is 6.63. The van der Waals surface area contributed by atoms with E-state index in [9.17, 15) is 0 Å². The van der Waals surface area contributed by atoms with Gasteiger partial charge in [-0.1, -0.05) is 12.8 Å². The molecule has 2 nitrogen and oxygen atoms in total. The van der Waals surface area contributed by atoms with Crippen LogP contribution in [0.5, 0.6) is 0 Å². The minimum absolute atomic E-state index is 0.733. The molecule has 1 saturated carbocycles. The minimum Gasteiger partial charge on any atom is -0.310 e. The standard InChI is InChI=1S/C13H26N2/c1-10-8-13(9-15(10)3)14-11(2)12-6-4-5-7-12/h10-14H,4-9H2,1-3H3/t10?,11-,13?/m1/s1. The van der Waals surface area contributed by atoms with Crippen LogP contribution in [0.2, 0.25) is 0 Å². The highest BCUT2D eigenvalue weighted by Crippen LogP contribution is 2.28. The van der Waals surface area contributed by atoms with Gasteiger partial charge in [-0.15, -0.1) is 0 Å². The smallest absolute Gasteiger partial charge is 0.0212 e. The van der Waals surface area contributed by atoms with Crippen molar-refractivity contribution in [2.24, 2.45) is 5.92 Å². The number of hydrogen-bond donors (Lipinski definition) is 1. The van der Waals surface area contributed by atoms with Crippen LogP contribution in [0.1, 0.15) is 46.0 Å². The molecule has 2 fully saturated rings. The molecule has 0 amide bonds. The minimum atomic E-state index is 0.733. The van der Waals surface area contributed by atoms with Gasteiger partial charge in [-0.05, 0) is 46.1 Å². The van der Waals surface area contributed by atoms with Crippen LogP contribution in [0.15, 0.2) is 0 Å². The second kappa shape index (κ2) is 4.84. The topological polar surface area (TPSA) is 15.3 Å². The van der Waals surface area contributed by atoms with E-state index in [1.807, 2.05) is 0 Å². The number of hydrogen-bond acceptors (Lipinski definition) is 2. The molecule has 2 aliphatic rings. The second-order valence-electron chi connectivity index (χ2n) is 5.72. The number of likely N-dealkylation sites (N-methyl/N-ethyl adjacent to an activating group) is 1. The summed E-state index contributed by atoms with van der Waals surface area (Å²) in [6.45, 7) is 5.96. The van der Waals surface area contributed by atoms with Gasteiger partial charge in [0.25, 0.3) is 0 Å². The molecular weight excluding hydrogens is 184 g/mol. The van der Waals surface area contributed by atoms with Crippen LogP contribution in [0, 0.1) is 5.92 Å². The summed E-state index contributed by atoms with van der Waals surface area (Å²) in [6, 6.07) is 2.23. The van der Waals surface area contributed by atoms with Gasteiger partial charge in [-0.2, -0.15) is 0 Å². The Balaban J connectivity index is 1.76. The fourth-order valence-electron chi connectivity index (χ4n) is 3.28. The highest BCUT2D eigenvalue weighted by molar-refractivity contribution is 4.88. The van der Waals surface area contributed by atoms with Crippen LogP contribution in [0.3, 0.4) is 0 Å². The van der Waals surface area contributed by atoms with Crippen LogP contribution in [-0.4, -0.2) is 36.6 Å². The molecule has 0 aromatic carbocycles. The third-order valence-electron chi connectivity index (χ3n) is 4.49. The van der Waals surface area contributed by atoms with E-state index < -0.39 is 0 Å². The Morgan fingerprint density at radius 2 is 1.93 bits per heavy atom. The molecule has 1 aliphatic heterocycles. The van der Waals surface area contributed by atoms with Gasteiger partial charge in [-0.3, -0.25) is 0 Å². The lowest BCUT2D eigenvalue weighted by Crippen LogP contribution is -2.41. The molecule has 1 saturated heterocycles. The van der Waals surface area contributed by atoms with Crippen molar-refractivity contribution in [2.45, 2.75) is 64.1 Å². The molecule has 1 aliphatic carbocycles. The molecule has 0 spiro atoms. The van der Waals surface area contributed by atoms with Crippen molar-refractivity contribution in [1.82, 2.24) is 10.2 Å². The van der Waals surface area contributed by atoms with E-state index in [1.54, 1.807) is 0 Å². The Hall–Kier alpha value is -0.0800. The molecule has 1 heterocycles. The molecule has 2 rings (SSSR count). The van der Waals surface area contributed by atoms with Gasteiger partial charge in [0.05, 0.1) is 0 Å². The summed E-state index contributed by atoms with van der Waals surface area (Å²) in [4.78, 5) is 2.47. The summed E-state index contributed by atoms with van der Waals surface area (Å²) in [5.41, 5.74) is 0. The summed E-state index contributed by atoms with van der Waals surface area (Å²) in [5, 5.41) is 3.84. The third-order valence-corrected chi connectivity index (χ3v) is 4.49. The first-order chi connectivity index (χ1) is 7.16. The monoisotopic (exact) mass is 210 g/mol. The number of rotatable bonds is 3. The molecule has 0 radical (unpaired) electrons. The Bertz CT molecular complexity index is 189. The largest absolute Gasteiger partial charge is 0.310 e. The SMILES string of the molecule is CC1CC(N[C@H](C)C2CCCC2)CN1C. The first kappa shape index (κ1) is 11.4. The first-order valence-electron chi connectivity index (χ1n) is 6.63. The van der Waals surface area contributed by atoms with E-state index in [4.69, 9.17) is 0 Å². The Morgan fingerprint density at radius 1 is 1.27 bits per heavy atom. The summed E-state index contributed by atoms with van der Waals surface area (Å²) in [6.07, 6.45) is 7.14. The van der Waals surface area contributed by atoms with Crippen molar-refractivity contribution in [3.8, 4) is 0 Å². The highest BCUT2D eigenvalue weighted by Gasteiger charge is 2.29. The van der Waals surface area contributed by atoms with Crippen molar-refractivity contribution < 1.29 is 0 Å². The van der Waals surface area contributed by atoms with E-state index >= 15 is 0 Å². The maximum Gasteiger partial charge on any atom is 0.0212 e. The second-order valence-corrected chi connectivity index (χ2v) is 5.72. The van der Waals surface area contributed by atoms with Crippen LogP contribution < -0.4 is 5.32 Å². The quantitative estimate of drug-likeness (QED) is 0.768. The molecule has 15 heavy (non-hydrogen) atoms. The van der Waals surface area contributed by atoms with Crippen molar-refractivity contribution in [1.29, 1.82) is 0 Å². The zero-order chi connectivity index (χ0) is 10.8. The Kier molecular flexibility index (Phi) is 3.68. The predicted octanol–water partition coefficient (Wildman–Crippen LogP) is 2.25. The normalized spacial score (nSPS) is 36.2. The molecule has 3 atom stereocenters. The lowest BCUT2D eigenvalue weighted by molar-refractivity contribution is 0.314. The van der Waals surface area contributed by atoms with Crippen LogP contribution in [0.4, 0.5) is 0 Å². The van der Waals surface area contributed by atoms with E-state index in [-0.39, 0.29) is 0 Å². The summed E-state index contributed by atoms with van der Waals surface area (Å²) >= 11 is 0. The van der Waals surface area contributed by atoms with Gasteiger partial charge in [0, 0.05) is 24.7 Å². The van der Waals surface area contributed by atoms with Crippen LogP contribution >= 0.6 is 0 Å². The van der Waals surface area contributed by atoms with Gasteiger partial charge < -0.3 is 10.2 Å². The molecule has 2 unspecified atom stereocenters. The van der Waals surface area contributed by atoms with Crippen molar-refractivity contribution in [3.63, 3.8) is 0 Å². The fourth-order valence-corrected chi connectivity index (χ4v) is 3.28. The van der Waals surface area contributed by atoms with Gasteiger partial charge in [0.2, 0.25) is 0 Å². The maximum atomic E-state index is 3.84. The van der Waals surface area contributed by atoms with E-state index in [0.29, 0.717) is 0 Å². The summed E-state index contributed by atoms with van der Waals surface area (Å²) < 4.78 is 0. The molecule has 1 N–H and O–H groups in total. The van der Waals surface area contributed by atoms with E-state index in [1.165, 1.54) is 38.6 Å². The van der Waals surface area contributed by atoms with Gasteiger partial charge >= 0.3 is 0 Å². The number of nitrogens with one attached hydrogen (secondary N) is 1. The molecular formula is C13H26N2. The van der Waals surface area contributed by atoms with E-state index in [2.05, 4.69) is 31.1 Å². The average Bonchev–Trinajstić information content (AvgIpc) is 2.77.